The van der Waals surface area contributed by atoms with Crippen LogP contribution in [0.5, 0.6) is 6.01 Å². The summed E-state index contributed by atoms with van der Waals surface area (Å²) < 4.78 is 7.01. The van der Waals surface area contributed by atoms with Crippen LogP contribution in [0.2, 0.25) is 0 Å². The minimum atomic E-state index is -0.518. The molecule has 70 valence electrons. The molecule has 1 atom stereocenters. The lowest BCUT2D eigenvalue weighted by Gasteiger charge is -2.01. The second-order valence-electron chi connectivity index (χ2n) is 2.94. The van der Waals surface area contributed by atoms with Gasteiger partial charge < -0.3 is 14.9 Å². The molecule has 0 fully saturated rings. The molecule has 0 amide bonds. The van der Waals surface area contributed by atoms with Gasteiger partial charge in [-0.2, -0.15) is 0 Å². The quantitative estimate of drug-likeness (QED) is 0.505. The van der Waals surface area contributed by atoms with Crippen LogP contribution in [0.4, 0.5) is 5.82 Å². The zero-order chi connectivity index (χ0) is 9.42. The Kier molecular flexibility index (Phi) is 1.68. The Labute approximate surface area is 74.3 Å². The van der Waals surface area contributed by atoms with Gasteiger partial charge in [0.05, 0.1) is 6.54 Å². The summed E-state index contributed by atoms with van der Waals surface area (Å²) in [5.74, 6) is -0.149. The molecule has 0 radical (unpaired) electrons. The predicted molar refractivity (Wildman–Crippen MR) is 43.6 cm³/mol. The van der Waals surface area contributed by atoms with Crippen molar-refractivity contribution in [3.8, 4) is 6.01 Å². The molecule has 6 nitrogen and oxygen atoms in total. The van der Waals surface area contributed by atoms with E-state index < -0.39 is 4.92 Å². The Hall–Kier alpha value is -1.59. The third kappa shape index (κ3) is 1.24. The van der Waals surface area contributed by atoms with Gasteiger partial charge in [0.1, 0.15) is 12.3 Å². The largest absolute Gasteiger partial charge is 0.441 e. The SMILES string of the molecule is CC[C@@H]1Cn2cc([N+](=O)[O-])nc2O1. The van der Waals surface area contributed by atoms with E-state index >= 15 is 0 Å². The smallest absolute Gasteiger partial charge is 0.414 e. The highest BCUT2D eigenvalue weighted by atomic mass is 16.6. The number of rotatable bonds is 2. The molecular weight excluding hydrogens is 174 g/mol. The van der Waals surface area contributed by atoms with Crippen LogP contribution in [-0.4, -0.2) is 20.6 Å². The van der Waals surface area contributed by atoms with Crippen molar-refractivity contribution in [2.75, 3.05) is 0 Å². The molecule has 1 aliphatic heterocycles. The molecule has 2 rings (SSSR count). The van der Waals surface area contributed by atoms with E-state index in [-0.39, 0.29) is 11.9 Å². The van der Waals surface area contributed by atoms with Crippen LogP contribution in [0.25, 0.3) is 0 Å². The van der Waals surface area contributed by atoms with Crippen molar-refractivity contribution < 1.29 is 9.66 Å². The second kappa shape index (κ2) is 2.72. The number of nitro groups is 1. The maximum absolute atomic E-state index is 10.3. The van der Waals surface area contributed by atoms with Crippen LogP contribution in [0.3, 0.4) is 0 Å². The highest BCUT2D eigenvalue weighted by Gasteiger charge is 2.29. The average molecular weight is 183 g/mol. The second-order valence-corrected chi connectivity index (χ2v) is 2.94. The first-order valence-electron chi connectivity index (χ1n) is 4.09. The zero-order valence-corrected chi connectivity index (χ0v) is 7.14. The first-order chi connectivity index (χ1) is 6.20. The number of hydrogen-bond donors (Lipinski definition) is 0. The summed E-state index contributed by atoms with van der Waals surface area (Å²) in [6.45, 7) is 2.66. The normalized spacial score (nSPS) is 19.6. The number of hydrogen-bond acceptors (Lipinski definition) is 4. The molecule has 2 heterocycles. The molecule has 0 saturated heterocycles. The van der Waals surface area contributed by atoms with Crippen molar-refractivity contribution in [2.45, 2.75) is 26.0 Å². The van der Waals surface area contributed by atoms with Crippen LogP contribution < -0.4 is 4.74 Å². The first-order valence-corrected chi connectivity index (χ1v) is 4.09. The number of ether oxygens (including phenoxy) is 1. The third-order valence-corrected chi connectivity index (χ3v) is 2.04. The molecular formula is C7H9N3O3. The average Bonchev–Trinajstić information content (AvgIpc) is 2.58. The van der Waals surface area contributed by atoms with Crippen LogP contribution in [0.1, 0.15) is 13.3 Å². The Balaban J connectivity index is 2.23. The van der Waals surface area contributed by atoms with Gasteiger partial charge in [0.25, 0.3) is 0 Å². The molecule has 6 heteroatoms. The van der Waals surface area contributed by atoms with E-state index in [0.717, 1.165) is 6.42 Å². The van der Waals surface area contributed by atoms with Gasteiger partial charge in [-0.25, -0.2) is 0 Å². The van der Waals surface area contributed by atoms with E-state index in [2.05, 4.69) is 4.98 Å². The van der Waals surface area contributed by atoms with Crippen LogP contribution in [0, 0.1) is 10.1 Å². The van der Waals surface area contributed by atoms with Gasteiger partial charge in [0.2, 0.25) is 0 Å². The van der Waals surface area contributed by atoms with Gasteiger partial charge >= 0.3 is 11.8 Å². The lowest BCUT2D eigenvalue weighted by atomic mass is 10.3. The minimum absolute atomic E-state index is 0.114. The summed E-state index contributed by atoms with van der Waals surface area (Å²) in [5, 5.41) is 10.3. The van der Waals surface area contributed by atoms with E-state index in [1.807, 2.05) is 6.92 Å². The predicted octanol–water partition coefficient (Wildman–Crippen LogP) is 0.962. The van der Waals surface area contributed by atoms with Gasteiger partial charge in [0.15, 0.2) is 0 Å². The summed E-state index contributed by atoms with van der Waals surface area (Å²) in [4.78, 5) is 13.5. The van der Waals surface area contributed by atoms with Crippen LogP contribution >= 0.6 is 0 Å². The van der Waals surface area contributed by atoms with Gasteiger partial charge in [-0.3, -0.25) is 4.57 Å². The lowest BCUT2D eigenvalue weighted by Crippen LogP contribution is -2.12. The summed E-state index contributed by atoms with van der Waals surface area (Å²) in [7, 11) is 0. The fourth-order valence-corrected chi connectivity index (χ4v) is 1.32. The minimum Gasteiger partial charge on any atom is -0.441 e. The maximum Gasteiger partial charge on any atom is 0.414 e. The monoisotopic (exact) mass is 183 g/mol. The third-order valence-electron chi connectivity index (χ3n) is 2.04. The van der Waals surface area contributed by atoms with Crippen molar-refractivity contribution in [2.24, 2.45) is 0 Å². The van der Waals surface area contributed by atoms with Crippen molar-refractivity contribution in [3.05, 3.63) is 16.3 Å². The molecule has 0 unspecified atom stereocenters. The molecule has 1 aromatic heterocycles. The first kappa shape index (κ1) is 8.03. The van der Waals surface area contributed by atoms with Gasteiger partial charge in [-0.05, 0) is 11.3 Å². The van der Waals surface area contributed by atoms with E-state index in [9.17, 15) is 10.1 Å². The van der Waals surface area contributed by atoms with Crippen molar-refractivity contribution in [1.29, 1.82) is 0 Å². The van der Waals surface area contributed by atoms with Crippen molar-refractivity contribution >= 4 is 5.82 Å². The fourth-order valence-electron chi connectivity index (χ4n) is 1.32. The van der Waals surface area contributed by atoms with Gasteiger partial charge in [-0.1, -0.05) is 6.92 Å². The van der Waals surface area contributed by atoms with Crippen LogP contribution in [-0.2, 0) is 6.54 Å². The fraction of sp³-hybridized carbons (Fsp3) is 0.571. The number of aromatic nitrogens is 2. The molecule has 13 heavy (non-hydrogen) atoms. The van der Waals surface area contributed by atoms with Crippen molar-refractivity contribution in [3.63, 3.8) is 0 Å². The molecule has 0 saturated carbocycles. The molecule has 0 N–H and O–H groups in total. The molecule has 0 aromatic carbocycles. The summed E-state index contributed by atoms with van der Waals surface area (Å²) in [6, 6.07) is 0.360. The van der Waals surface area contributed by atoms with E-state index in [1.165, 1.54) is 6.20 Å². The number of nitrogens with zero attached hydrogens (tertiary/aromatic N) is 3. The van der Waals surface area contributed by atoms with Gasteiger partial charge in [0, 0.05) is 4.98 Å². The standard InChI is InChI=1S/C7H9N3O3/c1-2-5-3-9-4-6(10(11)12)8-7(9)13-5/h4-5H,2-3H2,1H3/t5-/m1/s1. The summed E-state index contributed by atoms with van der Waals surface area (Å²) >= 11 is 0. The number of fused-ring (bicyclic) bond motifs is 1. The Morgan fingerprint density at radius 1 is 1.92 bits per heavy atom. The van der Waals surface area contributed by atoms with E-state index in [1.54, 1.807) is 4.57 Å². The van der Waals surface area contributed by atoms with Gasteiger partial charge in [-0.15, -0.1) is 0 Å². The Bertz CT molecular complexity index is 323. The number of imidazole rings is 1. The summed E-state index contributed by atoms with van der Waals surface area (Å²) in [6.07, 6.45) is 2.41. The molecule has 1 aliphatic rings. The summed E-state index contributed by atoms with van der Waals surface area (Å²) in [5.41, 5.74) is 0. The molecule has 0 bridgehead atoms. The van der Waals surface area contributed by atoms with E-state index in [4.69, 9.17) is 4.74 Å². The topological polar surface area (TPSA) is 70.2 Å². The maximum atomic E-state index is 10.3. The zero-order valence-electron chi connectivity index (χ0n) is 7.14. The highest BCUT2D eigenvalue weighted by Crippen LogP contribution is 2.25. The highest BCUT2D eigenvalue weighted by molar-refractivity contribution is 5.22. The molecule has 1 aromatic rings. The lowest BCUT2D eigenvalue weighted by molar-refractivity contribution is -0.389. The van der Waals surface area contributed by atoms with Crippen LogP contribution in [0.15, 0.2) is 6.20 Å². The Morgan fingerprint density at radius 2 is 2.69 bits per heavy atom. The van der Waals surface area contributed by atoms with E-state index in [0.29, 0.717) is 12.6 Å². The molecule has 0 aliphatic carbocycles. The molecule has 0 spiro atoms. The Morgan fingerprint density at radius 3 is 3.23 bits per heavy atom. The van der Waals surface area contributed by atoms with Crippen molar-refractivity contribution in [1.82, 2.24) is 9.55 Å².